The molecule has 0 radical (unpaired) electrons. The number of hydrogen-bond donors (Lipinski definition) is 3. The molecule has 0 saturated carbocycles. The van der Waals surface area contributed by atoms with Crippen molar-refractivity contribution in [2.75, 3.05) is 35.2 Å². The topological polar surface area (TPSA) is 140 Å². The Morgan fingerprint density at radius 1 is 1.05 bits per heavy atom. The third kappa shape index (κ3) is 8.68. The van der Waals surface area contributed by atoms with Crippen LogP contribution in [0.15, 0.2) is 36.7 Å². The summed E-state index contributed by atoms with van der Waals surface area (Å²) in [5, 5.41) is 13.3. The van der Waals surface area contributed by atoms with Gasteiger partial charge in [0.25, 0.3) is 5.91 Å². The van der Waals surface area contributed by atoms with Gasteiger partial charge in [0, 0.05) is 44.1 Å². The molecule has 2 aromatic heterocycles. The van der Waals surface area contributed by atoms with Crippen molar-refractivity contribution in [3.63, 3.8) is 0 Å². The molecule has 226 valence electrons. The van der Waals surface area contributed by atoms with Crippen LogP contribution in [0, 0.1) is 5.92 Å². The molecule has 0 aliphatic carbocycles. The van der Waals surface area contributed by atoms with Crippen LogP contribution in [0.3, 0.4) is 0 Å². The molecule has 0 spiro atoms. The van der Waals surface area contributed by atoms with Crippen molar-refractivity contribution in [3.8, 4) is 10.6 Å². The molecule has 3 heterocycles. The minimum atomic E-state index is -0.708. The van der Waals surface area contributed by atoms with Crippen molar-refractivity contribution in [1.82, 2.24) is 20.1 Å². The normalized spacial score (nSPS) is 15.3. The first-order chi connectivity index (χ1) is 19.6. The minimum absolute atomic E-state index is 0.0737. The number of hydrogen-bond acceptors (Lipinski definition) is 9. The Hall–Kier alpha value is -4.13. The highest BCUT2D eigenvalue weighted by molar-refractivity contribution is 7.19. The molecule has 1 aliphatic heterocycles. The van der Waals surface area contributed by atoms with E-state index in [2.05, 4.69) is 30.9 Å². The van der Waals surface area contributed by atoms with Crippen LogP contribution in [-0.4, -0.2) is 63.7 Å². The fourth-order valence-corrected chi connectivity index (χ4v) is 5.31. The third-order valence-corrected chi connectivity index (χ3v) is 7.12. The van der Waals surface area contributed by atoms with Gasteiger partial charge in [0.2, 0.25) is 0 Å². The van der Waals surface area contributed by atoms with Crippen molar-refractivity contribution < 1.29 is 23.9 Å². The van der Waals surface area contributed by atoms with Gasteiger partial charge in [0.15, 0.2) is 5.69 Å². The molecule has 0 bridgehead atoms. The van der Waals surface area contributed by atoms with Gasteiger partial charge in [0.1, 0.15) is 21.2 Å². The summed E-state index contributed by atoms with van der Waals surface area (Å²) in [7, 11) is 1.75. The second-order valence-electron chi connectivity index (χ2n) is 12.2. The first kappa shape index (κ1) is 30.8. The van der Waals surface area contributed by atoms with Gasteiger partial charge in [-0.05, 0) is 66.0 Å². The SMILES string of the molecule is Cn1cc(NC(=O)c2nc(-c3cccc(N4CC[C@@H](CNC(=O)OC(C)(C)C)C4)c3)sc2NC(=O)OC(C)(C)C)cn1. The monoisotopic (exact) mass is 597 g/mol. The minimum Gasteiger partial charge on any atom is -0.444 e. The molecule has 3 N–H and O–H groups in total. The molecule has 3 amide bonds. The maximum absolute atomic E-state index is 13.2. The van der Waals surface area contributed by atoms with E-state index >= 15 is 0 Å². The largest absolute Gasteiger partial charge is 0.444 e. The predicted molar refractivity (Wildman–Crippen MR) is 163 cm³/mol. The molecule has 3 aromatic rings. The van der Waals surface area contributed by atoms with E-state index in [4.69, 9.17) is 9.47 Å². The van der Waals surface area contributed by atoms with Crippen molar-refractivity contribution in [2.45, 2.75) is 59.2 Å². The lowest BCUT2D eigenvalue weighted by atomic mass is 10.1. The highest BCUT2D eigenvalue weighted by Crippen LogP contribution is 2.35. The highest BCUT2D eigenvalue weighted by atomic mass is 32.1. The van der Waals surface area contributed by atoms with Crippen LogP contribution in [0.4, 0.5) is 26.0 Å². The number of benzene rings is 1. The fourth-order valence-electron chi connectivity index (χ4n) is 4.37. The maximum Gasteiger partial charge on any atom is 0.412 e. The van der Waals surface area contributed by atoms with Gasteiger partial charge in [0.05, 0.1) is 11.9 Å². The molecule has 1 atom stereocenters. The molecule has 42 heavy (non-hydrogen) atoms. The van der Waals surface area contributed by atoms with Crippen LogP contribution in [0.5, 0.6) is 0 Å². The Kier molecular flexibility index (Phi) is 9.09. The number of carbonyl (C=O) groups is 3. The average Bonchev–Trinajstić information content (AvgIpc) is 3.61. The van der Waals surface area contributed by atoms with E-state index < -0.39 is 29.3 Å². The molecule has 0 unspecified atom stereocenters. The number of nitrogens with zero attached hydrogens (tertiary/aromatic N) is 4. The second-order valence-corrected chi connectivity index (χ2v) is 13.2. The molecule has 1 fully saturated rings. The summed E-state index contributed by atoms with van der Waals surface area (Å²) < 4.78 is 12.3. The molecule has 13 heteroatoms. The number of amides is 3. The second kappa shape index (κ2) is 12.4. The van der Waals surface area contributed by atoms with E-state index in [1.807, 2.05) is 45.0 Å². The summed E-state index contributed by atoms with van der Waals surface area (Å²) >= 11 is 1.19. The summed E-state index contributed by atoms with van der Waals surface area (Å²) in [6.07, 6.45) is 3.04. The predicted octanol–water partition coefficient (Wildman–Crippen LogP) is 5.49. The number of thiazole rings is 1. The molecule has 1 aromatic carbocycles. The zero-order valence-corrected chi connectivity index (χ0v) is 25.9. The molecule has 1 saturated heterocycles. The van der Waals surface area contributed by atoms with Gasteiger partial charge < -0.3 is 25.0 Å². The summed E-state index contributed by atoms with van der Waals surface area (Å²) in [4.78, 5) is 44.7. The molecule has 1 aliphatic rings. The number of aryl methyl sites for hydroxylation is 1. The van der Waals surface area contributed by atoms with Gasteiger partial charge in [-0.25, -0.2) is 14.6 Å². The zero-order chi connectivity index (χ0) is 30.7. The van der Waals surface area contributed by atoms with Crippen LogP contribution in [0.25, 0.3) is 10.6 Å². The number of alkyl carbamates (subject to hydrolysis) is 1. The van der Waals surface area contributed by atoms with Crippen LogP contribution in [0.1, 0.15) is 58.5 Å². The Morgan fingerprint density at radius 2 is 1.76 bits per heavy atom. The van der Waals surface area contributed by atoms with Gasteiger partial charge in [-0.3, -0.25) is 14.8 Å². The number of carbonyl (C=O) groups excluding carboxylic acids is 3. The van der Waals surface area contributed by atoms with E-state index in [-0.39, 0.29) is 16.6 Å². The Bertz CT molecular complexity index is 1440. The van der Waals surface area contributed by atoms with Gasteiger partial charge >= 0.3 is 12.2 Å². The van der Waals surface area contributed by atoms with Crippen LogP contribution in [-0.2, 0) is 16.5 Å². The first-order valence-corrected chi connectivity index (χ1v) is 14.6. The van der Waals surface area contributed by atoms with E-state index in [0.29, 0.717) is 17.2 Å². The number of anilines is 3. The average molecular weight is 598 g/mol. The van der Waals surface area contributed by atoms with E-state index in [9.17, 15) is 14.4 Å². The van der Waals surface area contributed by atoms with Gasteiger partial charge in [-0.1, -0.05) is 23.5 Å². The lowest BCUT2D eigenvalue weighted by Crippen LogP contribution is -2.36. The smallest absolute Gasteiger partial charge is 0.412 e. The standard InChI is InChI=1S/C29H39N7O5S/c1-28(2,3)40-26(38)30-14-18-11-12-36(16-18)21-10-8-9-19(13-21)24-33-22(23(37)32-20-15-31-35(7)17-20)25(42-24)34-27(39)41-29(4,5)6/h8-10,13,15,17-18H,11-12,14,16H2,1-7H3,(H,30,38)(H,32,37)(H,34,39)/t18-/m0/s1. The van der Waals surface area contributed by atoms with Crippen LogP contribution < -0.4 is 20.9 Å². The van der Waals surface area contributed by atoms with Crippen molar-refractivity contribution in [2.24, 2.45) is 13.0 Å². The van der Waals surface area contributed by atoms with Crippen molar-refractivity contribution >= 4 is 45.8 Å². The van der Waals surface area contributed by atoms with Crippen LogP contribution >= 0.6 is 11.3 Å². The quantitative estimate of drug-likeness (QED) is 0.325. The number of aromatic nitrogens is 3. The zero-order valence-electron chi connectivity index (χ0n) is 25.1. The lowest BCUT2D eigenvalue weighted by molar-refractivity contribution is 0.0519. The number of ether oxygens (including phenoxy) is 2. The van der Waals surface area contributed by atoms with Gasteiger partial charge in [-0.2, -0.15) is 5.10 Å². The molecule has 4 rings (SSSR count). The lowest BCUT2D eigenvalue weighted by Gasteiger charge is -2.21. The number of rotatable bonds is 7. The number of nitrogens with one attached hydrogen (secondary N) is 3. The van der Waals surface area contributed by atoms with E-state index in [1.54, 1.807) is 38.7 Å². The Labute approximate surface area is 249 Å². The summed E-state index contributed by atoms with van der Waals surface area (Å²) in [6, 6.07) is 7.90. The fraction of sp³-hybridized carbons (Fsp3) is 0.483. The maximum atomic E-state index is 13.2. The van der Waals surface area contributed by atoms with Crippen LogP contribution in [0.2, 0.25) is 0 Å². The highest BCUT2D eigenvalue weighted by Gasteiger charge is 2.27. The molecular weight excluding hydrogens is 558 g/mol. The molecular formula is C29H39N7O5S. The first-order valence-electron chi connectivity index (χ1n) is 13.8. The van der Waals surface area contributed by atoms with E-state index in [1.165, 1.54) is 17.5 Å². The van der Waals surface area contributed by atoms with Crippen molar-refractivity contribution in [3.05, 3.63) is 42.4 Å². The van der Waals surface area contributed by atoms with Gasteiger partial charge in [-0.15, -0.1) is 0 Å². The Balaban J connectivity index is 1.50. The third-order valence-electron chi connectivity index (χ3n) is 6.10. The van der Waals surface area contributed by atoms with Crippen molar-refractivity contribution in [1.29, 1.82) is 0 Å². The summed E-state index contributed by atoms with van der Waals surface area (Å²) in [5.41, 5.74) is 1.14. The summed E-state index contributed by atoms with van der Waals surface area (Å²) in [5.74, 6) is -0.193. The van der Waals surface area contributed by atoms with E-state index in [0.717, 1.165) is 30.8 Å². The molecule has 12 nitrogen and oxygen atoms in total. The summed E-state index contributed by atoms with van der Waals surface area (Å²) in [6.45, 7) is 13.0. The Morgan fingerprint density at radius 3 is 2.43 bits per heavy atom.